The van der Waals surface area contributed by atoms with Crippen molar-refractivity contribution in [1.82, 2.24) is 14.5 Å². The van der Waals surface area contributed by atoms with Crippen molar-refractivity contribution < 1.29 is 14.6 Å². The SMILES string of the molecule is COC(=O)[C@@H]1[C@@H](CO)[C@@H]2Cn3c(ccc(C4=CCCCC4)c3=O)[C@H]1N2Cc1cccnc1. The number of pyridine rings is 2. The first-order valence-corrected chi connectivity index (χ1v) is 11.4. The summed E-state index contributed by atoms with van der Waals surface area (Å²) in [6.07, 6.45) is 9.96. The number of hydrogen-bond donors (Lipinski definition) is 1. The van der Waals surface area contributed by atoms with Crippen LogP contribution in [0.4, 0.5) is 0 Å². The molecule has 1 N–H and O–H groups in total. The van der Waals surface area contributed by atoms with E-state index < -0.39 is 5.92 Å². The van der Waals surface area contributed by atoms with Crippen LogP contribution in [0.2, 0.25) is 0 Å². The maximum absolute atomic E-state index is 13.6. The van der Waals surface area contributed by atoms with Crippen LogP contribution in [0.3, 0.4) is 0 Å². The van der Waals surface area contributed by atoms with Gasteiger partial charge in [0.05, 0.1) is 19.1 Å². The van der Waals surface area contributed by atoms with E-state index in [1.807, 2.05) is 35.0 Å². The molecule has 3 aliphatic rings. The number of rotatable bonds is 5. The zero-order valence-corrected chi connectivity index (χ0v) is 18.3. The van der Waals surface area contributed by atoms with Gasteiger partial charge in [0.2, 0.25) is 0 Å². The molecule has 2 aliphatic heterocycles. The third kappa shape index (κ3) is 3.40. The summed E-state index contributed by atoms with van der Waals surface area (Å²) in [5, 5.41) is 10.3. The van der Waals surface area contributed by atoms with Gasteiger partial charge in [-0.2, -0.15) is 0 Å². The number of carbonyl (C=O) groups excluding carboxylic acids is 1. The van der Waals surface area contributed by atoms with Gasteiger partial charge in [-0.3, -0.25) is 19.5 Å². The molecule has 0 amide bonds. The van der Waals surface area contributed by atoms with Crippen LogP contribution in [0.25, 0.3) is 5.57 Å². The molecule has 0 unspecified atom stereocenters. The van der Waals surface area contributed by atoms with Crippen molar-refractivity contribution in [3.05, 3.63) is 69.9 Å². The quantitative estimate of drug-likeness (QED) is 0.727. The second kappa shape index (κ2) is 8.64. The lowest BCUT2D eigenvalue weighted by Crippen LogP contribution is -2.46. The zero-order valence-electron chi connectivity index (χ0n) is 18.3. The first-order valence-electron chi connectivity index (χ1n) is 11.4. The molecule has 32 heavy (non-hydrogen) atoms. The smallest absolute Gasteiger partial charge is 0.311 e. The van der Waals surface area contributed by atoms with Crippen LogP contribution in [-0.4, -0.2) is 45.3 Å². The van der Waals surface area contributed by atoms with Gasteiger partial charge in [0.25, 0.3) is 5.56 Å². The molecule has 4 heterocycles. The number of nitrogens with zero attached hydrogens (tertiary/aromatic N) is 3. The molecule has 7 heteroatoms. The van der Waals surface area contributed by atoms with Gasteiger partial charge in [-0.1, -0.05) is 12.1 Å². The Morgan fingerprint density at radius 2 is 2.16 bits per heavy atom. The van der Waals surface area contributed by atoms with E-state index in [0.717, 1.165) is 41.7 Å². The third-order valence-corrected chi connectivity index (χ3v) is 7.37. The van der Waals surface area contributed by atoms with Crippen molar-refractivity contribution in [2.24, 2.45) is 11.8 Å². The largest absolute Gasteiger partial charge is 0.469 e. The fourth-order valence-electron chi connectivity index (χ4n) is 5.87. The summed E-state index contributed by atoms with van der Waals surface area (Å²) in [4.78, 5) is 32.9. The predicted molar refractivity (Wildman–Crippen MR) is 120 cm³/mol. The molecular weight excluding hydrogens is 406 g/mol. The highest BCUT2D eigenvalue weighted by atomic mass is 16.5. The maximum Gasteiger partial charge on any atom is 0.311 e. The molecular formula is C25H29N3O4. The van der Waals surface area contributed by atoms with E-state index in [-0.39, 0.29) is 36.1 Å². The molecule has 0 radical (unpaired) electrons. The van der Waals surface area contributed by atoms with Gasteiger partial charge in [-0.15, -0.1) is 0 Å². The highest BCUT2D eigenvalue weighted by Crippen LogP contribution is 2.49. The number of allylic oxidation sites excluding steroid dienone is 2. The average Bonchev–Trinajstić information content (AvgIpc) is 3.04. The molecule has 0 saturated carbocycles. The number of aliphatic hydroxyl groups is 1. The number of aliphatic hydroxyl groups excluding tert-OH is 1. The highest BCUT2D eigenvalue weighted by Gasteiger charge is 2.56. The van der Waals surface area contributed by atoms with Crippen LogP contribution in [0, 0.1) is 11.8 Å². The van der Waals surface area contributed by atoms with Gasteiger partial charge in [0.1, 0.15) is 0 Å². The number of fused-ring (bicyclic) bond motifs is 4. The van der Waals surface area contributed by atoms with Crippen LogP contribution in [0.1, 0.15) is 48.5 Å². The minimum absolute atomic E-state index is 0.00823. The lowest BCUT2D eigenvalue weighted by atomic mass is 9.87. The highest BCUT2D eigenvalue weighted by molar-refractivity contribution is 5.75. The molecule has 1 fully saturated rings. The Morgan fingerprint density at radius 1 is 1.28 bits per heavy atom. The van der Waals surface area contributed by atoms with Crippen molar-refractivity contribution in [2.45, 2.75) is 50.9 Å². The van der Waals surface area contributed by atoms with Gasteiger partial charge in [-0.05, 0) is 55.0 Å². The van der Waals surface area contributed by atoms with E-state index >= 15 is 0 Å². The van der Waals surface area contributed by atoms with Gasteiger partial charge >= 0.3 is 5.97 Å². The minimum atomic E-state index is -0.528. The number of aromatic nitrogens is 2. The lowest BCUT2D eigenvalue weighted by Gasteiger charge is -2.38. The van der Waals surface area contributed by atoms with Gasteiger partial charge in [0, 0.05) is 55.3 Å². The zero-order chi connectivity index (χ0) is 22.2. The number of ether oxygens (including phenoxy) is 1. The standard InChI is InChI=1S/C25H29N3O4/c1-32-25(31)22-19(15-29)21-14-28-20(23(22)27(21)13-16-6-5-11-26-12-16)10-9-18(24(28)30)17-7-3-2-4-8-17/h5-7,9-12,19,21-23,29H,2-4,8,13-15H2,1H3/t19-,21-,22+,23+/m0/s1. The molecule has 7 nitrogen and oxygen atoms in total. The van der Waals surface area contributed by atoms with Crippen molar-refractivity contribution in [3.63, 3.8) is 0 Å². The fourth-order valence-corrected chi connectivity index (χ4v) is 5.87. The van der Waals surface area contributed by atoms with Crippen LogP contribution >= 0.6 is 0 Å². The lowest BCUT2D eigenvalue weighted by molar-refractivity contribution is -0.148. The maximum atomic E-state index is 13.6. The van der Waals surface area contributed by atoms with E-state index in [1.54, 1.807) is 6.20 Å². The van der Waals surface area contributed by atoms with Crippen molar-refractivity contribution >= 4 is 11.5 Å². The van der Waals surface area contributed by atoms with Crippen LogP contribution in [0.15, 0.2) is 47.5 Å². The van der Waals surface area contributed by atoms with Crippen LogP contribution in [-0.2, 0) is 22.6 Å². The normalized spacial score (nSPS) is 27.0. The van der Waals surface area contributed by atoms with E-state index in [1.165, 1.54) is 13.5 Å². The van der Waals surface area contributed by atoms with E-state index in [9.17, 15) is 14.7 Å². The minimum Gasteiger partial charge on any atom is -0.469 e. The Balaban J connectivity index is 1.61. The first-order chi connectivity index (χ1) is 15.6. The van der Waals surface area contributed by atoms with Crippen LogP contribution in [0.5, 0.6) is 0 Å². The topological polar surface area (TPSA) is 84.7 Å². The molecule has 2 bridgehead atoms. The number of hydrogen-bond acceptors (Lipinski definition) is 6. The van der Waals surface area contributed by atoms with E-state index in [2.05, 4.69) is 16.0 Å². The summed E-state index contributed by atoms with van der Waals surface area (Å²) in [5.74, 6) is -1.17. The molecule has 1 saturated heterocycles. The third-order valence-electron chi connectivity index (χ3n) is 7.37. The monoisotopic (exact) mass is 435 g/mol. The van der Waals surface area contributed by atoms with Gasteiger partial charge in [0.15, 0.2) is 0 Å². The molecule has 0 spiro atoms. The van der Waals surface area contributed by atoms with Crippen molar-refractivity contribution in [3.8, 4) is 0 Å². The molecule has 0 aromatic carbocycles. The molecule has 1 aliphatic carbocycles. The van der Waals surface area contributed by atoms with Gasteiger partial charge < -0.3 is 14.4 Å². The van der Waals surface area contributed by atoms with Crippen molar-refractivity contribution in [2.75, 3.05) is 13.7 Å². The molecule has 2 aromatic rings. The summed E-state index contributed by atoms with van der Waals surface area (Å²) in [5.41, 5.74) is 3.76. The second-order valence-electron chi connectivity index (χ2n) is 9.00. The van der Waals surface area contributed by atoms with E-state index in [4.69, 9.17) is 4.74 Å². The summed E-state index contributed by atoms with van der Waals surface area (Å²) in [6, 6.07) is 7.35. The molecule has 2 aromatic heterocycles. The summed E-state index contributed by atoms with van der Waals surface area (Å²) in [7, 11) is 1.39. The Kier molecular flexibility index (Phi) is 5.69. The molecule has 168 valence electrons. The summed E-state index contributed by atoms with van der Waals surface area (Å²) < 4.78 is 6.99. The van der Waals surface area contributed by atoms with Crippen LogP contribution < -0.4 is 5.56 Å². The Hall–Kier alpha value is -2.77. The fraction of sp³-hybridized carbons (Fsp3) is 0.480. The van der Waals surface area contributed by atoms with E-state index in [0.29, 0.717) is 13.1 Å². The number of esters is 1. The first kappa shape index (κ1) is 21.1. The number of carbonyl (C=O) groups is 1. The Bertz CT molecular complexity index is 1090. The van der Waals surface area contributed by atoms with Gasteiger partial charge in [-0.25, -0.2) is 0 Å². The second-order valence-corrected chi connectivity index (χ2v) is 9.00. The number of methoxy groups -OCH3 is 1. The average molecular weight is 436 g/mol. The summed E-state index contributed by atoms with van der Waals surface area (Å²) >= 11 is 0. The Labute approximate surface area is 187 Å². The molecule has 5 rings (SSSR count). The molecule has 4 atom stereocenters. The Morgan fingerprint density at radius 3 is 2.84 bits per heavy atom. The summed E-state index contributed by atoms with van der Waals surface area (Å²) in [6.45, 7) is 0.907. The predicted octanol–water partition coefficient (Wildman–Crippen LogP) is 2.54. The van der Waals surface area contributed by atoms with Crippen molar-refractivity contribution in [1.29, 1.82) is 0 Å².